The van der Waals surface area contributed by atoms with Crippen molar-refractivity contribution in [3.05, 3.63) is 47.7 Å². The number of nitrogens with zero attached hydrogens (tertiary/aromatic N) is 1. The molecule has 0 aliphatic carbocycles. The summed E-state index contributed by atoms with van der Waals surface area (Å²) in [5.41, 5.74) is 1.25. The van der Waals surface area contributed by atoms with E-state index in [0.29, 0.717) is 31.4 Å². The molecule has 38 heavy (non-hydrogen) atoms. The molecule has 1 aliphatic heterocycles. The van der Waals surface area contributed by atoms with Crippen LogP contribution in [-0.4, -0.2) is 24.8 Å². The van der Waals surface area contributed by atoms with Gasteiger partial charge in [-0.1, -0.05) is 97.0 Å². The Bertz CT molecular complexity index is 914. The SMILES string of the molecule is CCCCCCCCCC[C@H]1CO[C@H](c2ccc(-c3ccc(OCCCCCCC)c(F)c3F)nc2)OC1. The van der Waals surface area contributed by atoms with E-state index >= 15 is 0 Å². The van der Waals surface area contributed by atoms with E-state index in [9.17, 15) is 8.78 Å². The van der Waals surface area contributed by atoms with Crippen molar-refractivity contribution in [3.63, 3.8) is 0 Å². The van der Waals surface area contributed by atoms with Gasteiger partial charge in [-0.2, -0.15) is 4.39 Å². The third-order valence-corrected chi connectivity index (χ3v) is 7.32. The van der Waals surface area contributed by atoms with Crippen LogP contribution in [0.3, 0.4) is 0 Å². The standard InChI is InChI=1S/C32H47F2NO3/c1-3-5-7-9-10-11-12-14-16-25-23-37-32(38-24-25)26-17-19-28(35-22-26)27-18-20-29(31(34)30(27)33)36-21-15-13-8-6-4-2/h17-20,22,25,32H,3-16,21,23-24H2,1-2H3/t25-,32-. The molecule has 1 aliphatic rings. The smallest absolute Gasteiger partial charge is 0.201 e. The monoisotopic (exact) mass is 531 g/mol. The van der Waals surface area contributed by atoms with Gasteiger partial charge in [0.1, 0.15) is 0 Å². The number of aromatic nitrogens is 1. The molecule has 1 saturated heterocycles. The molecule has 3 rings (SSSR count). The summed E-state index contributed by atoms with van der Waals surface area (Å²) in [6, 6.07) is 6.50. The quantitative estimate of drug-likeness (QED) is 0.180. The van der Waals surface area contributed by atoms with Crippen molar-refractivity contribution in [2.75, 3.05) is 19.8 Å². The van der Waals surface area contributed by atoms with Gasteiger partial charge in [0, 0.05) is 23.2 Å². The Morgan fingerprint density at radius 1 is 0.763 bits per heavy atom. The fourth-order valence-corrected chi connectivity index (χ4v) is 4.90. The fraction of sp³-hybridized carbons (Fsp3) is 0.656. The second-order valence-electron chi connectivity index (χ2n) is 10.6. The highest BCUT2D eigenvalue weighted by molar-refractivity contribution is 5.61. The highest BCUT2D eigenvalue weighted by Crippen LogP contribution is 2.31. The van der Waals surface area contributed by atoms with Gasteiger partial charge in [-0.15, -0.1) is 0 Å². The van der Waals surface area contributed by atoms with Crippen LogP contribution >= 0.6 is 0 Å². The summed E-state index contributed by atoms with van der Waals surface area (Å²) in [4.78, 5) is 4.37. The molecule has 1 fully saturated rings. The summed E-state index contributed by atoms with van der Waals surface area (Å²) in [6.45, 7) is 6.13. The van der Waals surface area contributed by atoms with Crippen molar-refractivity contribution in [2.45, 2.75) is 110 Å². The lowest BCUT2D eigenvalue weighted by Gasteiger charge is -2.29. The average Bonchev–Trinajstić information content (AvgIpc) is 2.95. The second kappa shape index (κ2) is 17.5. The second-order valence-corrected chi connectivity index (χ2v) is 10.6. The fourth-order valence-electron chi connectivity index (χ4n) is 4.90. The van der Waals surface area contributed by atoms with Crippen LogP contribution in [0.5, 0.6) is 5.75 Å². The van der Waals surface area contributed by atoms with Crippen molar-refractivity contribution >= 4 is 0 Å². The highest BCUT2D eigenvalue weighted by Gasteiger charge is 2.24. The Morgan fingerprint density at radius 3 is 2.03 bits per heavy atom. The summed E-state index contributed by atoms with van der Waals surface area (Å²) in [7, 11) is 0. The zero-order valence-corrected chi connectivity index (χ0v) is 23.5. The topological polar surface area (TPSA) is 40.6 Å². The summed E-state index contributed by atoms with van der Waals surface area (Å²) in [6.07, 6.45) is 18.2. The molecule has 0 saturated carbocycles. The largest absolute Gasteiger partial charge is 0.490 e. The van der Waals surface area contributed by atoms with Crippen LogP contribution in [0.15, 0.2) is 30.5 Å². The number of rotatable bonds is 18. The molecule has 0 N–H and O–H groups in total. The number of pyridine rings is 1. The molecule has 0 bridgehead atoms. The minimum absolute atomic E-state index is 0.0519. The first-order chi connectivity index (χ1) is 18.6. The molecule has 0 spiro atoms. The van der Waals surface area contributed by atoms with Gasteiger partial charge in [0.2, 0.25) is 5.82 Å². The Kier molecular flexibility index (Phi) is 14.1. The maximum Gasteiger partial charge on any atom is 0.201 e. The predicted octanol–water partition coefficient (Wildman–Crippen LogP) is 9.57. The van der Waals surface area contributed by atoms with Crippen LogP contribution in [0.25, 0.3) is 11.3 Å². The number of halogens is 2. The number of hydrogen-bond acceptors (Lipinski definition) is 4. The molecule has 4 nitrogen and oxygen atoms in total. The summed E-state index contributed by atoms with van der Waals surface area (Å²) in [5.74, 6) is -1.54. The molecular weight excluding hydrogens is 484 g/mol. The van der Waals surface area contributed by atoms with Gasteiger partial charge in [0.05, 0.1) is 25.5 Å². The van der Waals surface area contributed by atoms with Crippen molar-refractivity contribution in [1.29, 1.82) is 0 Å². The van der Waals surface area contributed by atoms with E-state index in [1.165, 1.54) is 69.9 Å². The molecule has 0 unspecified atom stereocenters. The third kappa shape index (κ3) is 9.92. The molecule has 6 heteroatoms. The van der Waals surface area contributed by atoms with E-state index in [2.05, 4.69) is 18.8 Å². The Hall–Kier alpha value is -2.05. The van der Waals surface area contributed by atoms with Crippen LogP contribution in [-0.2, 0) is 9.47 Å². The van der Waals surface area contributed by atoms with Gasteiger partial charge < -0.3 is 14.2 Å². The van der Waals surface area contributed by atoms with E-state index in [0.717, 1.165) is 37.7 Å². The number of unbranched alkanes of at least 4 members (excludes halogenated alkanes) is 11. The molecule has 0 amide bonds. The molecule has 2 aromatic rings. The zero-order valence-electron chi connectivity index (χ0n) is 23.5. The minimum Gasteiger partial charge on any atom is -0.490 e. The molecular formula is C32H47F2NO3. The molecule has 2 heterocycles. The minimum atomic E-state index is -0.969. The summed E-state index contributed by atoms with van der Waals surface area (Å²) >= 11 is 0. The van der Waals surface area contributed by atoms with Crippen molar-refractivity contribution in [2.24, 2.45) is 5.92 Å². The van der Waals surface area contributed by atoms with Crippen molar-refractivity contribution in [3.8, 4) is 17.0 Å². The van der Waals surface area contributed by atoms with E-state index in [4.69, 9.17) is 14.2 Å². The molecule has 0 atom stereocenters. The highest BCUT2D eigenvalue weighted by atomic mass is 19.2. The lowest BCUT2D eigenvalue weighted by Crippen LogP contribution is -2.27. The lowest BCUT2D eigenvalue weighted by molar-refractivity contribution is -0.206. The molecule has 212 valence electrons. The number of ether oxygens (including phenoxy) is 3. The van der Waals surface area contributed by atoms with Crippen LogP contribution in [0.2, 0.25) is 0 Å². The first-order valence-electron chi connectivity index (χ1n) is 14.9. The van der Waals surface area contributed by atoms with Gasteiger partial charge >= 0.3 is 0 Å². The lowest BCUT2D eigenvalue weighted by atomic mass is 10.0. The maximum absolute atomic E-state index is 14.8. The molecule has 0 radical (unpaired) electrons. The predicted molar refractivity (Wildman–Crippen MR) is 149 cm³/mol. The van der Waals surface area contributed by atoms with E-state index in [-0.39, 0.29) is 11.3 Å². The first-order valence-corrected chi connectivity index (χ1v) is 14.9. The zero-order chi connectivity index (χ0) is 27.0. The van der Waals surface area contributed by atoms with Gasteiger partial charge in [0.25, 0.3) is 0 Å². The van der Waals surface area contributed by atoms with Gasteiger partial charge in [-0.3, -0.25) is 4.98 Å². The number of benzene rings is 1. The van der Waals surface area contributed by atoms with Crippen LogP contribution in [0.4, 0.5) is 8.78 Å². The Morgan fingerprint density at radius 2 is 1.39 bits per heavy atom. The summed E-state index contributed by atoms with van der Waals surface area (Å²) in [5, 5.41) is 0. The first kappa shape index (κ1) is 30.5. The summed E-state index contributed by atoms with van der Waals surface area (Å²) < 4.78 is 46.8. The number of hydrogen-bond donors (Lipinski definition) is 0. The van der Waals surface area contributed by atoms with E-state index < -0.39 is 17.9 Å². The van der Waals surface area contributed by atoms with Gasteiger partial charge in [-0.05, 0) is 31.0 Å². The van der Waals surface area contributed by atoms with Crippen molar-refractivity contribution < 1.29 is 23.0 Å². The third-order valence-electron chi connectivity index (χ3n) is 7.32. The molecule has 1 aromatic heterocycles. The average molecular weight is 532 g/mol. The van der Waals surface area contributed by atoms with Crippen LogP contribution in [0.1, 0.15) is 116 Å². The Labute approximate surface area is 228 Å². The Balaban J connectivity index is 1.41. The van der Waals surface area contributed by atoms with E-state index in [1.807, 2.05) is 6.07 Å². The van der Waals surface area contributed by atoms with Crippen molar-refractivity contribution in [1.82, 2.24) is 4.98 Å². The van der Waals surface area contributed by atoms with Crippen LogP contribution < -0.4 is 4.74 Å². The van der Waals surface area contributed by atoms with Crippen LogP contribution in [0, 0.1) is 17.6 Å². The van der Waals surface area contributed by atoms with E-state index in [1.54, 1.807) is 12.3 Å². The van der Waals surface area contributed by atoms with Gasteiger partial charge in [-0.25, -0.2) is 4.39 Å². The normalized spacial score (nSPS) is 17.6. The van der Waals surface area contributed by atoms with Gasteiger partial charge in [0.15, 0.2) is 17.9 Å². The maximum atomic E-state index is 14.8. The molecule has 1 aromatic carbocycles.